The summed E-state index contributed by atoms with van der Waals surface area (Å²) in [4.78, 5) is 12.8. The summed E-state index contributed by atoms with van der Waals surface area (Å²) in [5.41, 5.74) is 1.62. The molecule has 0 atom stereocenters. The molecular weight excluding hydrogens is 424 g/mol. The van der Waals surface area contributed by atoms with Gasteiger partial charge in [0.1, 0.15) is 28.7 Å². The van der Waals surface area contributed by atoms with Crippen LogP contribution >= 0.6 is 0 Å². The Hall–Kier alpha value is -3.65. The fourth-order valence-electron chi connectivity index (χ4n) is 3.90. The van der Waals surface area contributed by atoms with E-state index in [1.807, 2.05) is 18.2 Å². The SMILES string of the molecule is COc1cc(OC)c(NC(=O)c2ccc(Oc3cccc(C4CCNCC4)c3)o2)c(OC)c1. The van der Waals surface area contributed by atoms with Crippen molar-refractivity contribution in [3.63, 3.8) is 0 Å². The number of piperidine rings is 1. The van der Waals surface area contributed by atoms with Crippen LogP contribution in [0.4, 0.5) is 5.69 Å². The van der Waals surface area contributed by atoms with Crippen molar-refractivity contribution >= 4 is 11.6 Å². The number of nitrogens with one attached hydrogen (secondary N) is 2. The summed E-state index contributed by atoms with van der Waals surface area (Å²) in [6, 6.07) is 14.5. The summed E-state index contributed by atoms with van der Waals surface area (Å²) in [7, 11) is 4.54. The molecule has 0 spiro atoms. The number of hydrogen-bond acceptors (Lipinski definition) is 7. The van der Waals surface area contributed by atoms with Crippen LogP contribution in [0.15, 0.2) is 52.9 Å². The maximum Gasteiger partial charge on any atom is 0.291 e. The molecule has 0 saturated carbocycles. The maximum atomic E-state index is 12.8. The lowest BCUT2D eigenvalue weighted by Gasteiger charge is -2.23. The van der Waals surface area contributed by atoms with E-state index in [4.69, 9.17) is 23.4 Å². The largest absolute Gasteiger partial charge is 0.496 e. The van der Waals surface area contributed by atoms with Crippen LogP contribution in [0.25, 0.3) is 0 Å². The highest BCUT2D eigenvalue weighted by molar-refractivity contribution is 6.04. The third kappa shape index (κ3) is 5.23. The molecule has 1 saturated heterocycles. The second-order valence-corrected chi connectivity index (χ2v) is 7.68. The highest BCUT2D eigenvalue weighted by atomic mass is 16.6. The number of anilines is 1. The molecule has 8 nitrogen and oxygen atoms in total. The first-order chi connectivity index (χ1) is 16.1. The molecule has 1 amide bonds. The zero-order chi connectivity index (χ0) is 23.2. The smallest absolute Gasteiger partial charge is 0.291 e. The number of hydrogen-bond donors (Lipinski definition) is 2. The number of ether oxygens (including phenoxy) is 4. The van der Waals surface area contributed by atoms with Gasteiger partial charge in [0.2, 0.25) is 0 Å². The number of furan rings is 1. The van der Waals surface area contributed by atoms with E-state index >= 15 is 0 Å². The van der Waals surface area contributed by atoms with Gasteiger partial charge in [-0.1, -0.05) is 12.1 Å². The molecule has 33 heavy (non-hydrogen) atoms. The lowest BCUT2D eigenvalue weighted by Crippen LogP contribution is -2.26. The van der Waals surface area contributed by atoms with Crippen LogP contribution in [-0.4, -0.2) is 40.3 Å². The van der Waals surface area contributed by atoms with E-state index in [-0.39, 0.29) is 11.7 Å². The summed E-state index contributed by atoms with van der Waals surface area (Å²) in [5.74, 6) is 2.40. The van der Waals surface area contributed by atoms with Gasteiger partial charge in [0.15, 0.2) is 5.76 Å². The second-order valence-electron chi connectivity index (χ2n) is 7.68. The molecule has 2 aromatic carbocycles. The quantitative estimate of drug-likeness (QED) is 0.506. The first-order valence-electron chi connectivity index (χ1n) is 10.8. The van der Waals surface area contributed by atoms with Crippen LogP contribution in [0.1, 0.15) is 34.9 Å². The molecule has 1 aromatic heterocycles. The monoisotopic (exact) mass is 452 g/mol. The van der Waals surface area contributed by atoms with Crippen molar-refractivity contribution in [2.45, 2.75) is 18.8 Å². The Labute approximate surface area is 192 Å². The third-order valence-electron chi connectivity index (χ3n) is 5.65. The average Bonchev–Trinajstić information content (AvgIpc) is 3.33. The van der Waals surface area contributed by atoms with Crippen LogP contribution in [-0.2, 0) is 0 Å². The number of carbonyl (C=O) groups excluding carboxylic acids is 1. The van der Waals surface area contributed by atoms with E-state index in [0.29, 0.717) is 34.6 Å². The summed E-state index contributed by atoms with van der Waals surface area (Å²) in [6.45, 7) is 2.05. The Morgan fingerprint density at radius 1 is 0.939 bits per heavy atom. The standard InChI is InChI=1S/C25H28N2O6/c1-29-19-14-21(30-2)24(22(15-19)31-3)27-25(28)20-7-8-23(33-20)32-18-6-4-5-17(13-18)16-9-11-26-12-10-16/h4-8,13-16,26H,9-12H2,1-3H3,(H,27,28). The molecule has 0 radical (unpaired) electrons. The lowest BCUT2D eigenvalue weighted by atomic mass is 9.90. The molecule has 8 heteroatoms. The Morgan fingerprint density at radius 3 is 2.33 bits per heavy atom. The number of rotatable bonds is 8. The van der Waals surface area contributed by atoms with Crippen molar-refractivity contribution in [1.29, 1.82) is 0 Å². The molecule has 0 bridgehead atoms. The van der Waals surface area contributed by atoms with Crippen LogP contribution < -0.4 is 29.6 Å². The van der Waals surface area contributed by atoms with E-state index in [2.05, 4.69) is 16.7 Å². The molecule has 2 heterocycles. The van der Waals surface area contributed by atoms with E-state index in [9.17, 15) is 4.79 Å². The first kappa shape index (κ1) is 22.5. The fourth-order valence-corrected chi connectivity index (χ4v) is 3.90. The molecule has 3 aromatic rings. The number of amides is 1. The van der Waals surface area contributed by atoms with Crippen molar-refractivity contribution in [2.75, 3.05) is 39.7 Å². The normalized spacial score (nSPS) is 13.9. The first-order valence-corrected chi connectivity index (χ1v) is 10.8. The predicted molar refractivity (Wildman–Crippen MR) is 124 cm³/mol. The molecular formula is C25H28N2O6. The van der Waals surface area contributed by atoms with Gasteiger partial charge in [-0.05, 0) is 55.6 Å². The number of carbonyl (C=O) groups is 1. The van der Waals surface area contributed by atoms with Crippen LogP contribution in [0.3, 0.4) is 0 Å². The fraction of sp³-hybridized carbons (Fsp3) is 0.320. The lowest BCUT2D eigenvalue weighted by molar-refractivity contribution is 0.0991. The topological polar surface area (TPSA) is 91.2 Å². The van der Waals surface area contributed by atoms with Crippen molar-refractivity contribution < 1.29 is 28.2 Å². The van der Waals surface area contributed by atoms with Crippen molar-refractivity contribution in [3.05, 3.63) is 59.9 Å². The van der Waals surface area contributed by atoms with Gasteiger partial charge < -0.3 is 34.0 Å². The minimum absolute atomic E-state index is 0.0967. The molecule has 1 fully saturated rings. The number of benzene rings is 2. The molecule has 0 unspecified atom stereocenters. The zero-order valence-corrected chi connectivity index (χ0v) is 19.0. The zero-order valence-electron chi connectivity index (χ0n) is 19.0. The molecule has 4 rings (SSSR count). The van der Waals surface area contributed by atoms with Crippen molar-refractivity contribution in [1.82, 2.24) is 5.32 Å². The van der Waals surface area contributed by atoms with E-state index in [0.717, 1.165) is 25.9 Å². The molecule has 1 aliphatic rings. The van der Waals surface area contributed by atoms with E-state index in [1.165, 1.54) is 19.8 Å². The van der Waals surface area contributed by atoms with Crippen molar-refractivity contribution in [3.8, 4) is 28.9 Å². The summed E-state index contributed by atoms with van der Waals surface area (Å²) in [6.07, 6.45) is 2.21. The summed E-state index contributed by atoms with van der Waals surface area (Å²) < 4.78 is 27.5. The molecule has 0 aliphatic carbocycles. The average molecular weight is 453 g/mol. The minimum Gasteiger partial charge on any atom is -0.496 e. The highest BCUT2D eigenvalue weighted by Gasteiger charge is 2.20. The van der Waals surface area contributed by atoms with Gasteiger partial charge in [-0.2, -0.15) is 0 Å². The van der Waals surface area contributed by atoms with Gasteiger partial charge in [0.05, 0.1) is 21.3 Å². The van der Waals surface area contributed by atoms with E-state index in [1.54, 1.807) is 31.4 Å². The predicted octanol–water partition coefficient (Wildman–Crippen LogP) is 4.82. The molecule has 174 valence electrons. The second kappa shape index (κ2) is 10.3. The summed E-state index contributed by atoms with van der Waals surface area (Å²) >= 11 is 0. The Bertz CT molecular complexity index is 1080. The Kier molecular flexibility index (Phi) is 7.04. The van der Waals surface area contributed by atoms with Gasteiger partial charge in [0.25, 0.3) is 11.9 Å². The Morgan fingerprint density at radius 2 is 1.67 bits per heavy atom. The number of methoxy groups -OCH3 is 3. The van der Waals surface area contributed by atoms with Crippen molar-refractivity contribution in [2.24, 2.45) is 0 Å². The van der Waals surface area contributed by atoms with Gasteiger partial charge in [-0.25, -0.2) is 0 Å². The van der Waals surface area contributed by atoms with Gasteiger partial charge >= 0.3 is 0 Å². The highest BCUT2D eigenvalue weighted by Crippen LogP contribution is 2.39. The Balaban J connectivity index is 1.47. The summed E-state index contributed by atoms with van der Waals surface area (Å²) in [5, 5.41) is 6.16. The van der Waals surface area contributed by atoms with Crippen LogP contribution in [0.5, 0.6) is 28.9 Å². The van der Waals surface area contributed by atoms with E-state index < -0.39 is 5.91 Å². The maximum absolute atomic E-state index is 12.8. The van der Waals surface area contributed by atoms with Gasteiger partial charge in [-0.15, -0.1) is 0 Å². The van der Waals surface area contributed by atoms with Crippen LogP contribution in [0.2, 0.25) is 0 Å². The molecule has 1 aliphatic heterocycles. The van der Waals surface area contributed by atoms with Crippen LogP contribution in [0, 0.1) is 0 Å². The third-order valence-corrected chi connectivity index (χ3v) is 5.65. The molecule has 2 N–H and O–H groups in total. The van der Waals surface area contributed by atoms with Gasteiger partial charge in [-0.3, -0.25) is 4.79 Å². The minimum atomic E-state index is -0.463. The van der Waals surface area contributed by atoms with Gasteiger partial charge in [0, 0.05) is 18.2 Å².